The lowest BCUT2D eigenvalue weighted by molar-refractivity contribution is -0.124. The van der Waals surface area contributed by atoms with E-state index in [2.05, 4.69) is 5.32 Å². The Morgan fingerprint density at radius 2 is 1.74 bits per heavy atom. The van der Waals surface area contributed by atoms with Crippen molar-refractivity contribution in [2.45, 2.75) is 6.10 Å². The molecule has 0 fully saturated rings. The van der Waals surface area contributed by atoms with Crippen molar-refractivity contribution in [1.29, 1.82) is 0 Å². The Morgan fingerprint density at radius 3 is 2.43 bits per heavy atom. The number of amides is 1. The number of anilines is 1. The molecule has 0 radical (unpaired) electrons. The number of aromatic nitrogens is 1. The first-order chi connectivity index (χ1) is 11.1. The van der Waals surface area contributed by atoms with E-state index in [9.17, 15) is 14.3 Å². The molecule has 0 aliphatic carbocycles. The van der Waals surface area contributed by atoms with Crippen LogP contribution in [0.3, 0.4) is 0 Å². The van der Waals surface area contributed by atoms with Crippen LogP contribution in [0.25, 0.3) is 5.69 Å². The summed E-state index contributed by atoms with van der Waals surface area (Å²) >= 11 is 0. The first-order valence-corrected chi connectivity index (χ1v) is 7.12. The smallest absolute Gasteiger partial charge is 0.257 e. The van der Waals surface area contributed by atoms with Crippen LogP contribution >= 0.6 is 0 Å². The first-order valence-electron chi connectivity index (χ1n) is 7.12. The highest BCUT2D eigenvalue weighted by Gasteiger charge is 2.18. The van der Waals surface area contributed by atoms with Gasteiger partial charge in [-0.15, -0.1) is 0 Å². The van der Waals surface area contributed by atoms with Crippen molar-refractivity contribution in [2.24, 2.45) is 0 Å². The van der Waals surface area contributed by atoms with Crippen molar-refractivity contribution in [3.05, 3.63) is 84.4 Å². The minimum absolute atomic E-state index is 0.0242. The van der Waals surface area contributed by atoms with Gasteiger partial charge in [-0.05, 0) is 35.9 Å². The Morgan fingerprint density at radius 1 is 1.04 bits per heavy atom. The molecule has 1 amide bonds. The topological polar surface area (TPSA) is 54.3 Å². The highest BCUT2D eigenvalue weighted by atomic mass is 19.1. The van der Waals surface area contributed by atoms with Gasteiger partial charge in [0, 0.05) is 18.1 Å². The SMILES string of the molecule is O=C(Nc1cc(-n2cccc2)ccc1F)C(O)c1ccccc1. The van der Waals surface area contributed by atoms with Crippen molar-refractivity contribution in [2.75, 3.05) is 5.32 Å². The average Bonchev–Trinajstić information content (AvgIpc) is 3.11. The Kier molecular flexibility index (Phi) is 4.21. The number of aliphatic hydroxyl groups excluding tert-OH is 1. The maximum atomic E-state index is 13.9. The minimum Gasteiger partial charge on any atom is -0.378 e. The zero-order valence-electron chi connectivity index (χ0n) is 12.2. The standard InChI is InChI=1S/C18H15FN2O2/c19-15-9-8-14(21-10-4-5-11-21)12-16(15)20-18(23)17(22)13-6-2-1-3-7-13/h1-12,17,22H,(H,20,23). The molecule has 4 nitrogen and oxygen atoms in total. The van der Waals surface area contributed by atoms with Gasteiger partial charge >= 0.3 is 0 Å². The molecule has 1 heterocycles. The van der Waals surface area contributed by atoms with Crippen LogP contribution in [0.2, 0.25) is 0 Å². The maximum Gasteiger partial charge on any atom is 0.257 e. The summed E-state index contributed by atoms with van der Waals surface area (Å²) in [6.07, 6.45) is 2.28. The molecular weight excluding hydrogens is 295 g/mol. The van der Waals surface area contributed by atoms with Gasteiger partial charge in [-0.3, -0.25) is 4.79 Å². The number of rotatable bonds is 4. The average molecular weight is 310 g/mol. The molecule has 0 aliphatic heterocycles. The second kappa shape index (κ2) is 6.46. The van der Waals surface area contributed by atoms with Crippen LogP contribution in [0, 0.1) is 5.82 Å². The third kappa shape index (κ3) is 3.30. The van der Waals surface area contributed by atoms with E-state index in [-0.39, 0.29) is 5.69 Å². The Bertz CT molecular complexity index is 801. The van der Waals surface area contributed by atoms with E-state index >= 15 is 0 Å². The highest BCUT2D eigenvalue weighted by molar-refractivity contribution is 5.95. The summed E-state index contributed by atoms with van der Waals surface area (Å²) in [6.45, 7) is 0. The lowest BCUT2D eigenvalue weighted by Crippen LogP contribution is -2.21. The molecule has 3 aromatic rings. The molecular formula is C18H15FN2O2. The predicted octanol–water partition coefficient (Wildman–Crippen LogP) is 3.29. The van der Waals surface area contributed by atoms with Gasteiger partial charge in [0.25, 0.3) is 5.91 Å². The second-order valence-electron chi connectivity index (χ2n) is 5.06. The number of benzene rings is 2. The summed E-state index contributed by atoms with van der Waals surface area (Å²) in [4.78, 5) is 12.1. The zero-order valence-corrected chi connectivity index (χ0v) is 12.2. The van der Waals surface area contributed by atoms with Crippen LogP contribution in [0.15, 0.2) is 73.1 Å². The molecule has 0 aliphatic rings. The molecule has 1 aromatic heterocycles. The van der Waals surface area contributed by atoms with Crippen LogP contribution in [-0.4, -0.2) is 15.6 Å². The van der Waals surface area contributed by atoms with E-state index in [0.717, 1.165) is 0 Å². The van der Waals surface area contributed by atoms with Crippen LogP contribution < -0.4 is 5.32 Å². The maximum absolute atomic E-state index is 13.9. The lowest BCUT2D eigenvalue weighted by Gasteiger charge is -2.13. The molecule has 3 rings (SSSR count). The third-order valence-electron chi connectivity index (χ3n) is 3.47. The number of halogens is 1. The quantitative estimate of drug-likeness (QED) is 0.777. The molecule has 0 saturated heterocycles. The summed E-state index contributed by atoms with van der Waals surface area (Å²) < 4.78 is 15.7. The summed E-state index contributed by atoms with van der Waals surface area (Å²) in [6, 6.07) is 16.6. The van der Waals surface area contributed by atoms with Crippen molar-refractivity contribution < 1.29 is 14.3 Å². The number of nitrogens with one attached hydrogen (secondary N) is 1. The fourth-order valence-corrected chi connectivity index (χ4v) is 2.26. The Labute approximate surface area is 132 Å². The molecule has 2 N–H and O–H groups in total. The van der Waals surface area contributed by atoms with Crippen LogP contribution in [0.5, 0.6) is 0 Å². The van der Waals surface area contributed by atoms with Gasteiger partial charge in [-0.2, -0.15) is 0 Å². The molecule has 116 valence electrons. The number of hydrogen-bond donors (Lipinski definition) is 2. The molecule has 5 heteroatoms. The zero-order chi connectivity index (χ0) is 16.2. The molecule has 0 saturated carbocycles. The van der Waals surface area contributed by atoms with E-state index in [1.807, 2.05) is 24.5 Å². The molecule has 0 spiro atoms. The number of carbonyl (C=O) groups excluding carboxylic acids is 1. The largest absolute Gasteiger partial charge is 0.378 e. The lowest BCUT2D eigenvalue weighted by atomic mass is 10.1. The van der Waals surface area contributed by atoms with Crippen LogP contribution in [-0.2, 0) is 4.79 Å². The summed E-state index contributed by atoms with van der Waals surface area (Å²) in [5.74, 6) is -1.24. The predicted molar refractivity (Wildman–Crippen MR) is 85.8 cm³/mol. The number of carbonyl (C=O) groups is 1. The van der Waals surface area contributed by atoms with E-state index in [1.165, 1.54) is 12.1 Å². The number of nitrogens with zero attached hydrogens (tertiary/aromatic N) is 1. The fourth-order valence-electron chi connectivity index (χ4n) is 2.26. The minimum atomic E-state index is -1.36. The van der Waals surface area contributed by atoms with Gasteiger partial charge in [0.05, 0.1) is 5.69 Å². The summed E-state index contributed by atoms with van der Waals surface area (Å²) in [7, 11) is 0. The van der Waals surface area contributed by atoms with E-state index in [0.29, 0.717) is 11.3 Å². The van der Waals surface area contributed by atoms with E-state index in [1.54, 1.807) is 41.0 Å². The van der Waals surface area contributed by atoms with Gasteiger partial charge < -0.3 is 15.0 Å². The molecule has 1 unspecified atom stereocenters. The Hall–Kier alpha value is -2.92. The van der Waals surface area contributed by atoms with Gasteiger partial charge in [-0.25, -0.2) is 4.39 Å². The molecule has 0 bridgehead atoms. The third-order valence-corrected chi connectivity index (χ3v) is 3.47. The molecule has 1 atom stereocenters. The van der Waals surface area contributed by atoms with Crippen molar-refractivity contribution in [3.8, 4) is 5.69 Å². The van der Waals surface area contributed by atoms with Crippen molar-refractivity contribution in [3.63, 3.8) is 0 Å². The van der Waals surface area contributed by atoms with Gasteiger partial charge in [0.15, 0.2) is 6.10 Å². The van der Waals surface area contributed by atoms with Gasteiger partial charge in [0.1, 0.15) is 5.82 Å². The fraction of sp³-hybridized carbons (Fsp3) is 0.0556. The molecule has 23 heavy (non-hydrogen) atoms. The van der Waals surface area contributed by atoms with Gasteiger partial charge in [-0.1, -0.05) is 30.3 Å². The monoisotopic (exact) mass is 310 g/mol. The van der Waals surface area contributed by atoms with Crippen molar-refractivity contribution in [1.82, 2.24) is 4.57 Å². The highest BCUT2D eigenvalue weighted by Crippen LogP contribution is 2.21. The number of hydrogen-bond acceptors (Lipinski definition) is 2. The van der Waals surface area contributed by atoms with Crippen molar-refractivity contribution >= 4 is 11.6 Å². The Balaban J connectivity index is 1.82. The van der Waals surface area contributed by atoms with E-state index < -0.39 is 17.8 Å². The summed E-state index contributed by atoms with van der Waals surface area (Å²) in [5, 5.41) is 12.5. The van der Waals surface area contributed by atoms with Crippen LogP contribution in [0.1, 0.15) is 11.7 Å². The van der Waals surface area contributed by atoms with Gasteiger partial charge in [0.2, 0.25) is 0 Å². The normalized spacial score (nSPS) is 11.9. The summed E-state index contributed by atoms with van der Waals surface area (Å²) in [5.41, 5.74) is 1.18. The second-order valence-corrected chi connectivity index (χ2v) is 5.06. The molecule has 2 aromatic carbocycles. The number of aliphatic hydroxyl groups is 1. The first kappa shape index (κ1) is 15.0. The van der Waals surface area contributed by atoms with E-state index in [4.69, 9.17) is 0 Å². The van der Waals surface area contributed by atoms with Crippen LogP contribution in [0.4, 0.5) is 10.1 Å².